The quantitative estimate of drug-likeness (QED) is 0.840. The highest BCUT2D eigenvalue weighted by Crippen LogP contribution is 2.33. The topological polar surface area (TPSA) is 98.2 Å². The summed E-state index contributed by atoms with van der Waals surface area (Å²) in [5, 5.41) is 3.58. The number of rotatable bonds is 3. The zero-order chi connectivity index (χ0) is 16.7. The Labute approximate surface area is 124 Å². The second-order valence-corrected chi connectivity index (χ2v) is 6.23. The predicted molar refractivity (Wildman–Crippen MR) is 72.6 cm³/mol. The molecule has 0 aliphatic heterocycles. The summed E-state index contributed by atoms with van der Waals surface area (Å²) in [6.07, 6.45) is -4.61. The average molecular weight is 335 g/mol. The van der Waals surface area contributed by atoms with E-state index in [1.54, 1.807) is 13.8 Å². The molecule has 0 fully saturated rings. The third kappa shape index (κ3) is 3.01. The van der Waals surface area contributed by atoms with Crippen LogP contribution in [0.5, 0.6) is 0 Å². The fraction of sp³-hybridized carbons (Fsp3) is 0.250. The van der Waals surface area contributed by atoms with Crippen LogP contribution in [0, 0.1) is 13.8 Å². The molecular formula is C12H12F3N3O3S. The third-order valence-corrected chi connectivity index (χ3v) is 4.42. The van der Waals surface area contributed by atoms with Crippen molar-refractivity contribution in [3.05, 3.63) is 35.0 Å². The van der Waals surface area contributed by atoms with Crippen molar-refractivity contribution in [3.63, 3.8) is 0 Å². The van der Waals surface area contributed by atoms with Crippen LogP contribution in [-0.2, 0) is 16.2 Å². The Bertz CT molecular complexity index is 813. The predicted octanol–water partition coefficient (Wildman–Crippen LogP) is 2.69. The Morgan fingerprint density at radius 3 is 2.36 bits per heavy atom. The first-order valence-electron chi connectivity index (χ1n) is 5.95. The number of benzene rings is 1. The second-order valence-electron chi connectivity index (χ2n) is 4.58. The molecule has 0 unspecified atom stereocenters. The Balaban J connectivity index is 2.40. The molecule has 2 aromatic rings. The Morgan fingerprint density at radius 2 is 1.91 bits per heavy atom. The molecule has 0 saturated heterocycles. The Kier molecular flexibility index (Phi) is 3.81. The lowest BCUT2D eigenvalue weighted by molar-refractivity contribution is -0.137. The first-order chi connectivity index (χ1) is 10.0. The number of alkyl halides is 3. The van der Waals surface area contributed by atoms with Crippen LogP contribution in [-0.4, -0.2) is 13.6 Å². The SMILES string of the molecule is Cc1noc(NS(=O)(=O)c2ccc(C(F)(F)F)cc2N)c1C. The minimum Gasteiger partial charge on any atom is -0.398 e. The van der Waals surface area contributed by atoms with Gasteiger partial charge in [0.05, 0.1) is 16.9 Å². The summed E-state index contributed by atoms with van der Waals surface area (Å²) >= 11 is 0. The molecule has 0 amide bonds. The third-order valence-electron chi connectivity index (χ3n) is 3.01. The molecule has 3 N–H and O–H groups in total. The zero-order valence-corrected chi connectivity index (χ0v) is 12.3. The number of nitrogens with two attached hydrogens (primary N) is 1. The zero-order valence-electron chi connectivity index (χ0n) is 11.5. The molecule has 1 aromatic carbocycles. The summed E-state index contributed by atoms with van der Waals surface area (Å²) in [5.41, 5.74) is 4.84. The summed E-state index contributed by atoms with van der Waals surface area (Å²) in [6.45, 7) is 3.20. The molecule has 22 heavy (non-hydrogen) atoms. The van der Waals surface area contributed by atoms with Gasteiger partial charge in [0.15, 0.2) is 0 Å². The van der Waals surface area contributed by atoms with E-state index < -0.39 is 32.3 Å². The van der Waals surface area contributed by atoms with Crippen LogP contribution in [0.15, 0.2) is 27.6 Å². The molecule has 0 aliphatic rings. The summed E-state index contributed by atoms with van der Waals surface area (Å²) in [4.78, 5) is -0.478. The van der Waals surface area contributed by atoms with Crippen molar-refractivity contribution in [1.29, 1.82) is 0 Å². The number of aromatic nitrogens is 1. The number of hydrogen-bond acceptors (Lipinski definition) is 5. The van der Waals surface area contributed by atoms with Gasteiger partial charge in [0.25, 0.3) is 10.0 Å². The van der Waals surface area contributed by atoms with E-state index in [4.69, 9.17) is 10.3 Å². The molecule has 10 heteroatoms. The number of sulfonamides is 1. The number of aryl methyl sites for hydroxylation is 1. The van der Waals surface area contributed by atoms with Gasteiger partial charge in [0, 0.05) is 5.56 Å². The number of halogens is 3. The van der Waals surface area contributed by atoms with E-state index >= 15 is 0 Å². The molecule has 0 bridgehead atoms. The molecule has 120 valence electrons. The van der Waals surface area contributed by atoms with E-state index in [-0.39, 0.29) is 5.88 Å². The van der Waals surface area contributed by atoms with Gasteiger partial charge < -0.3 is 10.3 Å². The lowest BCUT2D eigenvalue weighted by Gasteiger charge is -2.11. The van der Waals surface area contributed by atoms with Crippen molar-refractivity contribution in [2.75, 3.05) is 10.5 Å². The van der Waals surface area contributed by atoms with Gasteiger partial charge in [0.2, 0.25) is 5.88 Å². The van der Waals surface area contributed by atoms with Crippen LogP contribution in [0.3, 0.4) is 0 Å². The van der Waals surface area contributed by atoms with Crippen molar-refractivity contribution in [1.82, 2.24) is 5.16 Å². The Morgan fingerprint density at radius 1 is 1.27 bits per heavy atom. The summed E-state index contributed by atoms with van der Waals surface area (Å²) in [5.74, 6) is -0.114. The molecule has 0 spiro atoms. The van der Waals surface area contributed by atoms with E-state index in [0.29, 0.717) is 23.4 Å². The Hall–Kier alpha value is -2.23. The van der Waals surface area contributed by atoms with Crippen LogP contribution in [0.2, 0.25) is 0 Å². The van der Waals surface area contributed by atoms with Crippen LogP contribution in [0.25, 0.3) is 0 Å². The van der Waals surface area contributed by atoms with Crippen molar-refractivity contribution < 1.29 is 26.1 Å². The van der Waals surface area contributed by atoms with Gasteiger partial charge in [-0.05, 0) is 32.0 Å². The van der Waals surface area contributed by atoms with Gasteiger partial charge >= 0.3 is 6.18 Å². The maximum absolute atomic E-state index is 12.6. The molecular weight excluding hydrogens is 323 g/mol. The van der Waals surface area contributed by atoms with Gasteiger partial charge in [-0.15, -0.1) is 0 Å². The van der Waals surface area contributed by atoms with E-state index in [1.165, 1.54) is 0 Å². The number of anilines is 2. The molecule has 6 nitrogen and oxygen atoms in total. The minimum atomic E-state index is -4.61. The van der Waals surface area contributed by atoms with Gasteiger partial charge in [-0.3, -0.25) is 0 Å². The summed E-state index contributed by atoms with van der Waals surface area (Å²) < 4.78 is 68.9. The fourth-order valence-corrected chi connectivity index (χ4v) is 2.82. The van der Waals surface area contributed by atoms with Crippen LogP contribution < -0.4 is 10.5 Å². The van der Waals surface area contributed by atoms with Crippen molar-refractivity contribution >= 4 is 21.6 Å². The first kappa shape index (κ1) is 16.1. The van der Waals surface area contributed by atoms with Crippen molar-refractivity contribution in [2.45, 2.75) is 24.9 Å². The lowest BCUT2D eigenvalue weighted by atomic mass is 10.2. The van der Waals surface area contributed by atoms with Gasteiger partial charge in [-0.1, -0.05) is 5.16 Å². The van der Waals surface area contributed by atoms with Crippen molar-refractivity contribution in [3.8, 4) is 0 Å². The van der Waals surface area contributed by atoms with Crippen LogP contribution in [0.4, 0.5) is 24.7 Å². The smallest absolute Gasteiger partial charge is 0.398 e. The first-order valence-corrected chi connectivity index (χ1v) is 7.43. The summed E-state index contributed by atoms with van der Waals surface area (Å²) in [6, 6.07) is 2.00. The maximum atomic E-state index is 12.6. The monoisotopic (exact) mass is 335 g/mol. The average Bonchev–Trinajstić information content (AvgIpc) is 2.69. The highest BCUT2D eigenvalue weighted by Gasteiger charge is 2.32. The molecule has 0 radical (unpaired) electrons. The number of hydrogen-bond donors (Lipinski definition) is 2. The highest BCUT2D eigenvalue weighted by atomic mass is 32.2. The van der Waals surface area contributed by atoms with E-state index in [0.717, 1.165) is 6.07 Å². The molecule has 2 rings (SSSR count). The molecule has 0 atom stereocenters. The molecule has 0 aliphatic carbocycles. The second kappa shape index (κ2) is 5.20. The molecule has 1 aromatic heterocycles. The van der Waals surface area contributed by atoms with E-state index in [9.17, 15) is 21.6 Å². The highest BCUT2D eigenvalue weighted by molar-refractivity contribution is 7.92. The van der Waals surface area contributed by atoms with E-state index in [1.807, 2.05) is 0 Å². The fourth-order valence-electron chi connectivity index (χ4n) is 1.66. The van der Waals surface area contributed by atoms with Crippen LogP contribution >= 0.6 is 0 Å². The van der Waals surface area contributed by atoms with Gasteiger partial charge in [-0.25, -0.2) is 13.1 Å². The number of nitrogen functional groups attached to an aromatic ring is 1. The molecule has 1 heterocycles. The van der Waals surface area contributed by atoms with Crippen molar-refractivity contribution in [2.24, 2.45) is 0 Å². The minimum absolute atomic E-state index is 0.114. The lowest BCUT2D eigenvalue weighted by Crippen LogP contribution is -2.16. The standard InChI is InChI=1S/C12H12F3N3O3S/c1-6-7(2)17-21-11(6)18-22(19,20)10-4-3-8(5-9(10)16)12(13,14)15/h3-5,18H,16H2,1-2H3. The number of nitrogens with zero attached hydrogens (tertiary/aromatic N) is 1. The molecule has 0 saturated carbocycles. The van der Waals surface area contributed by atoms with Gasteiger partial charge in [-0.2, -0.15) is 13.2 Å². The summed E-state index contributed by atoms with van der Waals surface area (Å²) in [7, 11) is -4.19. The van der Waals surface area contributed by atoms with Gasteiger partial charge in [0.1, 0.15) is 4.90 Å². The van der Waals surface area contributed by atoms with E-state index in [2.05, 4.69) is 9.88 Å². The number of nitrogens with one attached hydrogen (secondary N) is 1. The maximum Gasteiger partial charge on any atom is 0.416 e. The largest absolute Gasteiger partial charge is 0.416 e. The van der Waals surface area contributed by atoms with Crippen LogP contribution in [0.1, 0.15) is 16.8 Å². The normalized spacial score (nSPS) is 12.4.